The second kappa shape index (κ2) is 6.21. The zero-order chi connectivity index (χ0) is 13.0. The van der Waals surface area contributed by atoms with Crippen LogP contribution >= 0.6 is 0 Å². The van der Waals surface area contributed by atoms with E-state index >= 15 is 0 Å². The summed E-state index contributed by atoms with van der Waals surface area (Å²) in [6, 6.07) is 9.27. The van der Waals surface area contributed by atoms with Crippen molar-refractivity contribution >= 4 is 0 Å². The molecule has 18 heavy (non-hydrogen) atoms. The highest BCUT2D eigenvalue weighted by atomic mass is 16.5. The van der Waals surface area contributed by atoms with Crippen molar-refractivity contribution in [3.05, 3.63) is 29.8 Å². The molecule has 1 aliphatic rings. The molecule has 0 aliphatic heterocycles. The van der Waals surface area contributed by atoms with Crippen molar-refractivity contribution in [3.8, 4) is 5.75 Å². The van der Waals surface area contributed by atoms with Crippen molar-refractivity contribution in [2.45, 2.75) is 44.2 Å². The molecule has 100 valence electrons. The molecule has 0 aromatic heterocycles. The second-order valence-electron chi connectivity index (χ2n) is 5.19. The number of aliphatic hydroxyl groups is 1. The van der Waals surface area contributed by atoms with Crippen LogP contribution in [0.2, 0.25) is 0 Å². The van der Waals surface area contributed by atoms with Gasteiger partial charge in [0.2, 0.25) is 0 Å². The van der Waals surface area contributed by atoms with Crippen LogP contribution in [0.1, 0.15) is 37.7 Å². The molecule has 0 bridgehead atoms. The summed E-state index contributed by atoms with van der Waals surface area (Å²) in [5.41, 5.74) is 1.33. The molecule has 3 nitrogen and oxygen atoms in total. The molecule has 1 saturated carbocycles. The van der Waals surface area contributed by atoms with E-state index in [1.807, 2.05) is 12.1 Å². The summed E-state index contributed by atoms with van der Waals surface area (Å²) in [6.07, 6.45) is 3.15. The Balaban J connectivity index is 1.85. The lowest BCUT2D eigenvalue weighted by Gasteiger charge is -2.38. The number of rotatable bonds is 6. The summed E-state index contributed by atoms with van der Waals surface area (Å²) < 4.78 is 5.40. The average Bonchev–Trinajstić information content (AvgIpc) is 2.33. The summed E-state index contributed by atoms with van der Waals surface area (Å²) >= 11 is 0. The van der Waals surface area contributed by atoms with Gasteiger partial charge in [-0.1, -0.05) is 18.2 Å². The molecule has 0 saturated heterocycles. The Labute approximate surface area is 109 Å². The highest BCUT2D eigenvalue weighted by Gasteiger charge is 2.32. The van der Waals surface area contributed by atoms with E-state index in [0.29, 0.717) is 18.0 Å². The molecule has 1 aromatic carbocycles. The van der Waals surface area contributed by atoms with Gasteiger partial charge in [-0.2, -0.15) is 0 Å². The van der Waals surface area contributed by atoms with Crippen LogP contribution in [0.4, 0.5) is 0 Å². The van der Waals surface area contributed by atoms with Crippen molar-refractivity contribution in [1.82, 2.24) is 5.32 Å². The number of para-hydroxylation sites is 1. The van der Waals surface area contributed by atoms with Gasteiger partial charge in [0.25, 0.3) is 0 Å². The monoisotopic (exact) mass is 249 g/mol. The summed E-state index contributed by atoms with van der Waals surface area (Å²) in [4.78, 5) is 0. The smallest absolute Gasteiger partial charge is 0.122 e. The lowest BCUT2D eigenvalue weighted by Crippen LogP contribution is -2.44. The van der Waals surface area contributed by atoms with Gasteiger partial charge in [-0.05, 0) is 43.7 Å². The van der Waals surface area contributed by atoms with E-state index in [1.54, 1.807) is 7.11 Å². The number of aliphatic hydroxyl groups excluding tert-OH is 1. The molecule has 1 aliphatic carbocycles. The van der Waals surface area contributed by atoms with Crippen LogP contribution in [0.15, 0.2) is 24.3 Å². The summed E-state index contributed by atoms with van der Waals surface area (Å²) in [6.45, 7) is 2.39. The Morgan fingerprint density at radius 3 is 2.78 bits per heavy atom. The van der Waals surface area contributed by atoms with E-state index in [4.69, 9.17) is 9.84 Å². The number of methoxy groups -OCH3 is 1. The van der Waals surface area contributed by atoms with Crippen LogP contribution < -0.4 is 10.1 Å². The maximum atomic E-state index is 8.88. The van der Waals surface area contributed by atoms with Crippen molar-refractivity contribution in [2.24, 2.45) is 0 Å². The fourth-order valence-electron chi connectivity index (χ4n) is 2.69. The molecule has 2 rings (SSSR count). The predicted octanol–water partition coefficient (Wildman–Crippen LogP) is 2.30. The maximum Gasteiger partial charge on any atom is 0.122 e. The molecule has 1 fully saturated rings. The minimum Gasteiger partial charge on any atom is -0.496 e. The highest BCUT2D eigenvalue weighted by Crippen LogP contribution is 2.41. The normalized spacial score (nSPS) is 24.4. The van der Waals surface area contributed by atoms with Gasteiger partial charge < -0.3 is 15.2 Å². The van der Waals surface area contributed by atoms with Crippen molar-refractivity contribution in [2.75, 3.05) is 13.7 Å². The average molecular weight is 249 g/mol. The molecule has 0 amide bonds. The lowest BCUT2D eigenvalue weighted by molar-refractivity contribution is 0.228. The van der Waals surface area contributed by atoms with Crippen molar-refractivity contribution in [1.29, 1.82) is 0 Å². The van der Waals surface area contributed by atoms with Crippen LogP contribution in [0.3, 0.4) is 0 Å². The largest absolute Gasteiger partial charge is 0.496 e. The molecule has 0 spiro atoms. The highest BCUT2D eigenvalue weighted by molar-refractivity contribution is 5.37. The van der Waals surface area contributed by atoms with Gasteiger partial charge in [0.15, 0.2) is 0 Å². The lowest BCUT2D eigenvalue weighted by atomic mass is 9.75. The third kappa shape index (κ3) is 3.03. The molecular weight excluding hydrogens is 226 g/mol. The molecule has 1 atom stereocenters. The predicted molar refractivity (Wildman–Crippen MR) is 73.1 cm³/mol. The van der Waals surface area contributed by atoms with Gasteiger partial charge in [-0.15, -0.1) is 0 Å². The minimum absolute atomic E-state index is 0.261. The summed E-state index contributed by atoms with van der Waals surface area (Å²) in [7, 11) is 1.73. The molecule has 2 N–H and O–H groups in total. The number of hydrogen-bond acceptors (Lipinski definition) is 3. The summed E-state index contributed by atoms with van der Waals surface area (Å²) in [5, 5.41) is 12.4. The minimum atomic E-state index is 0.261. The third-order valence-electron chi connectivity index (χ3n) is 3.80. The Bertz CT molecular complexity index is 375. The quantitative estimate of drug-likeness (QED) is 0.813. The first-order valence-corrected chi connectivity index (χ1v) is 6.74. The van der Waals surface area contributed by atoms with Crippen LogP contribution in [0.25, 0.3) is 0 Å². The molecule has 3 heteroatoms. The summed E-state index contributed by atoms with van der Waals surface area (Å²) in [5.74, 6) is 1.62. The first-order chi connectivity index (χ1) is 8.74. The fraction of sp³-hybridized carbons (Fsp3) is 0.600. The van der Waals surface area contributed by atoms with E-state index in [9.17, 15) is 0 Å². The van der Waals surface area contributed by atoms with E-state index in [2.05, 4.69) is 24.4 Å². The van der Waals surface area contributed by atoms with Gasteiger partial charge in [-0.3, -0.25) is 0 Å². The third-order valence-corrected chi connectivity index (χ3v) is 3.80. The van der Waals surface area contributed by atoms with Crippen LogP contribution in [-0.4, -0.2) is 30.9 Å². The van der Waals surface area contributed by atoms with E-state index in [-0.39, 0.29) is 6.61 Å². The van der Waals surface area contributed by atoms with Gasteiger partial charge in [-0.25, -0.2) is 0 Å². The number of hydrogen-bond donors (Lipinski definition) is 2. The van der Waals surface area contributed by atoms with E-state index in [0.717, 1.165) is 25.0 Å². The molecule has 0 heterocycles. The standard InChI is InChI=1S/C15H23NO2/c1-11(7-8-17)16-13-9-12(10-13)14-5-3-4-6-15(14)18-2/h3-6,11-13,16-17H,7-10H2,1-2H3. The van der Waals surface area contributed by atoms with Crippen molar-refractivity contribution < 1.29 is 9.84 Å². The SMILES string of the molecule is COc1ccccc1C1CC(NC(C)CCO)C1. The number of benzene rings is 1. The molecule has 1 unspecified atom stereocenters. The topological polar surface area (TPSA) is 41.5 Å². The Morgan fingerprint density at radius 2 is 2.11 bits per heavy atom. The molecule has 0 radical (unpaired) electrons. The maximum absolute atomic E-state index is 8.88. The number of ether oxygens (including phenoxy) is 1. The van der Waals surface area contributed by atoms with E-state index < -0.39 is 0 Å². The van der Waals surface area contributed by atoms with Gasteiger partial charge in [0, 0.05) is 18.7 Å². The van der Waals surface area contributed by atoms with Gasteiger partial charge in [0.1, 0.15) is 5.75 Å². The van der Waals surface area contributed by atoms with Gasteiger partial charge in [0.05, 0.1) is 7.11 Å². The fourth-order valence-corrected chi connectivity index (χ4v) is 2.69. The first kappa shape index (κ1) is 13.4. The van der Waals surface area contributed by atoms with E-state index in [1.165, 1.54) is 5.56 Å². The molecule has 1 aromatic rings. The first-order valence-electron chi connectivity index (χ1n) is 6.74. The Hall–Kier alpha value is -1.06. The molecular formula is C15H23NO2. The van der Waals surface area contributed by atoms with Crippen LogP contribution in [0.5, 0.6) is 5.75 Å². The van der Waals surface area contributed by atoms with Gasteiger partial charge >= 0.3 is 0 Å². The Kier molecular flexibility index (Phi) is 4.61. The second-order valence-corrected chi connectivity index (χ2v) is 5.19. The van der Waals surface area contributed by atoms with Crippen molar-refractivity contribution in [3.63, 3.8) is 0 Å². The van der Waals surface area contributed by atoms with Crippen LogP contribution in [0, 0.1) is 0 Å². The zero-order valence-corrected chi connectivity index (χ0v) is 11.2. The zero-order valence-electron chi connectivity index (χ0n) is 11.2. The Morgan fingerprint density at radius 1 is 1.39 bits per heavy atom. The van der Waals surface area contributed by atoms with Crippen LogP contribution in [-0.2, 0) is 0 Å². The number of nitrogens with one attached hydrogen (secondary N) is 1.